The van der Waals surface area contributed by atoms with Crippen LogP contribution >= 0.6 is 0 Å². The molecule has 110 valence electrons. The first-order valence-corrected chi connectivity index (χ1v) is 7.60. The predicted molar refractivity (Wildman–Crippen MR) is 80.0 cm³/mol. The molecule has 0 saturated carbocycles. The number of hydrogen-bond donors (Lipinski definition) is 2. The molecule has 20 heavy (non-hydrogen) atoms. The lowest BCUT2D eigenvalue weighted by molar-refractivity contribution is 0.122. The van der Waals surface area contributed by atoms with Gasteiger partial charge in [-0.1, -0.05) is 0 Å². The van der Waals surface area contributed by atoms with Gasteiger partial charge >= 0.3 is 0 Å². The van der Waals surface area contributed by atoms with Gasteiger partial charge in [0.05, 0.1) is 12.0 Å². The molecular formula is C15H25N5. The summed E-state index contributed by atoms with van der Waals surface area (Å²) in [7, 11) is 0. The number of H-pyrrole nitrogens is 1. The van der Waals surface area contributed by atoms with Gasteiger partial charge in [0.2, 0.25) is 0 Å². The predicted octanol–water partition coefficient (Wildman–Crippen LogP) is 1.53. The smallest absolute Gasteiger partial charge is 0.0921 e. The minimum atomic E-state index is 0.0171. The van der Waals surface area contributed by atoms with Gasteiger partial charge in [0.25, 0.3) is 0 Å². The standard InChI is InChI=1S/C15H25N5/c1-15(2)18-10-14(19-6-3-4-7-19)11-20(15)8-5-13-9-16-12-17-13/h9,11-12,18H,3-8,10H2,1-2H3,(H,16,17). The van der Waals surface area contributed by atoms with Crippen LogP contribution in [0.1, 0.15) is 32.4 Å². The highest BCUT2D eigenvalue weighted by molar-refractivity contribution is 5.12. The lowest BCUT2D eigenvalue weighted by Gasteiger charge is -2.44. The molecule has 0 unspecified atom stereocenters. The zero-order valence-corrected chi connectivity index (χ0v) is 12.5. The molecule has 5 nitrogen and oxygen atoms in total. The third-order valence-corrected chi connectivity index (χ3v) is 4.41. The maximum absolute atomic E-state index is 4.09. The average molecular weight is 275 g/mol. The van der Waals surface area contributed by atoms with Crippen molar-refractivity contribution in [2.45, 2.75) is 38.8 Å². The molecule has 0 aliphatic carbocycles. The summed E-state index contributed by atoms with van der Waals surface area (Å²) in [4.78, 5) is 12.2. The molecule has 2 aliphatic heterocycles. The van der Waals surface area contributed by atoms with Gasteiger partial charge in [-0.05, 0) is 26.7 Å². The van der Waals surface area contributed by atoms with E-state index in [0.717, 1.165) is 19.5 Å². The fourth-order valence-corrected chi connectivity index (χ4v) is 3.00. The summed E-state index contributed by atoms with van der Waals surface area (Å²) in [5.74, 6) is 0. The first kappa shape index (κ1) is 13.5. The molecule has 1 aromatic heterocycles. The summed E-state index contributed by atoms with van der Waals surface area (Å²) < 4.78 is 0. The van der Waals surface area contributed by atoms with Crippen LogP contribution in [-0.4, -0.2) is 51.6 Å². The summed E-state index contributed by atoms with van der Waals surface area (Å²) in [6.45, 7) is 8.90. The maximum atomic E-state index is 4.09. The van der Waals surface area contributed by atoms with Gasteiger partial charge in [-0.25, -0.2) is 4.98 Å². The molecule has 3 heterocycles. The van der Waals surface area contributed by atoms with Crippen LogP contribution in [0.4, 0.5) is 0 Å². The zero-order valence-electron chi connectivity index (χ0n) is 12.5. The van der Waals surface area contributed by atoms with E-state index in [0.29, 0.717) is 0 Å². The topological polar surface area (TPSA) is 47.2 Å². The van der Waals surface area contributed by atoms with Crippen LogP contribution in [-0.2, 0) is 6.42 Å². The molecule has 2 N–H and O–H groups in total. The Morgan fingerprint density at radius 2 is 2.10 bits per heavy atom. The summed E-state index contributed by atoms with van der Waals surface area (Å²) >= 11 is 0. The number of rotatable bonds is 4. The van der Waals surface area contributed by atoms with E-state index in [9.17, 15) is 0 Å². The van der Waals surface area contributed by atoms with Crippen molar-refractivity contribution in [2.75, 3.05) is 26.2 Å². The van der Waals surface area contributed by atoms with Gasteiger partial charge in [-0.15, -0.1) is 0 Å². The van der Waals surface area contributed by atoms with Crippen molar-refractivity contribution in [3.05, 3.63) is 30.1 Å². The van der Waals surface area contributed by atoms with E-state index >= 15 is 0 Å². The fourth-order valence-electron chi connectivity index (χ4n) is 3.00. The van der Waals surface area contributed by atoms with Crippen LogP contribution < -0.4 is 5.32 Å². The van der Waals surface area contributed by atoms with Crippen molar-refractivity contribution in [1.82, 2.24) is 25.1 Å². The lowest BCUT2D eigenvalue weighted by Crippen LogP contribution is -2.57. The summed E-state index contributed by atoms with van der Waals surface area (Å²) in [5, 5.41) is 3.66. The van der Waals surface area contributed by atoms with E-state index in [-0.39, 0.29) is 5.66 Å². The molecule has 1 aromatic rings. The second-order valence-electron chi connectivity index (χ2n) is 6.25. The second kappa shape index (κ2) is 5.48. The highest BCUT2D eigenvalue weighted by Gasteiger charge is 2.30. The monoisotopic (exact) mass is 275 g/mol. The van der Waals surface area contributed by atoms with E-state index < -0.39 is 0 Å². The molecule has 0 spiro atoms. The van der Waals surface area contributed by atoms with Crippen LogP contribution in [0.25, 0.3) is 0 Å². The molecule has 0 atom stereocenters. The van der Waals surface area contributed by atoms with E-state index in [2.05, 4.69) is 45.1 Å². The fraction of sp³-hybridized carbons (Fsp3) is 0.667. The van der Waals surface area contributed by atoms with Gasteiger partial charge in [-0.2, -0.15) is 0 Å². The highest BCUT2D eigenvalue weighted by Crippen LogP contribution is 2.23. The van der Waals surface area contributed by atoms with Gasteiger partial charge in [0.15, 0.2) is 0 Å². The minimum Gasteiger partial charge on any atom is -0.373 e. The first-order valence-electron chi connectivity index (χ1n) is 7.60. The number of nitrogens with one attached hydrogen (secondary N) is 2. The van der Waals surface area contributed by atoms with E-state index in [1.807, 2.05) is 6.20 Å². The number of likely N-dealkylation sites (tertiary alicyclic amines) is 1. The summed E-state index contributed by atoms with van der Waals surface area (Å²) in [6.07, 6.45) is 9.67. The summed E-state index contributed by atoms with van der Waals surface area (Å²) in [5.41, 5.74) is 2.65. The van der Waals surface area contributed by atoms with Crippen molar-refractivity contribution in [2.24, 2.45) is 0 Å². The van der Waals surface area contributed by atoms with Gasteiger partial charge in [0, 0.05) is 56.4 Å². The lowest BCUT2D eigenvalue weighted by atomic mass is 10.1. The largest absolute Gasteiger partial charge is 0.373 e. The molecule has 2 aliphatic rings. The second-order valence-corrected chi connectivity index (χ2v) is 6.25. The normalized spacial score (nSPS) is 22.2. The van der Waals surface area contributed by atoms with Crippen molar-refractivity contribution >= 4 is 0 Å². The van der Waals surface area contributed by atoms with E-state index in [4.69, 9.17) is 0 Å². The number of aromatic amines is 1. The molecule has 0 bridgehead atoms. The van der Waals surface area contributed by atoms with E-state index in [1.165, 1.54) is 37.3 Å². The van der Waals surface area contributed by atoms with Crippen LogP contribution in [0.15, 0.2) is 24.4 Å². The Bertz CT molecular complexity index is 457. The number of imidazole rings is 1. The van der Waals surface area contributed by atoms with Crippen molar-refractivity contribution in [3.63, 3.8) is 0 Å². The Morgan fingerprint density at radius 1 is 1.30 bits per heavy atom. The van der Waals surface area contributed by atoms with Gasteiger partial charge in [-0.3, -0.25) is 5.32 Å². The Kier molecular flexibility index (Phi) is 3.70. The molecule has 1 fully saturated rings. The van der Waals surface area contributed by atoms with Crippen LogP contribution in [0, 0.1) is 0 Å². The summed E-state index contributed by atoms with van der Waals surface area (Å²) in [6, 6.07) is 0. The molecule has 1 saturated heterocycles. The van der Waals surface area contributed by atoms with Gasteiger partial charge in [0.1, 0.15) is 0 Å². The van der Waals surface area contributed by atoms with E-state index in [1.54, 1.807) is 6.33 Å². The van der Waals surface area contributed by atoms with Crippen molar-refractivity contribution in [3.8, 4) is 0 Å². The third-order valence-electron chi connectivity index (χ3n) is 4.41. The highest BCUT2D eigenvalue weighted by atomic mass is 15.3. The molecule has 3 rings (SSSR count). The quantitative estimate of drug-likeness (QED) is 0.875. The number of aromatic nitrogens is 2. The number of nitrogens with zero attached hydrogens (tertiary/aromatic N) is 3. The van der Waals surface area contributed by atoms with Crippen molar-refractivity contribution < 1.29 is 0 Å². The Balaban J connectivity index is 1.69. The zero-order chi connectivity index (χ0) is 14.0. The molecule has 0 radical (unpaired) electrons. The Morgan fingerprint density at radius 3 is 2.80 bits per heavy atom. The van der Waals surface area contributed by atoms with Crippen LogP contribution in [0.3, 0.4) is 0 Å². The van der Waals surface area contributed by atoms with Crippen LogP contribution in [0.5, 0.6) is 0 Å². The van der Waals surface area contributed by atoms with Crippen molar-refractivity contribution in [1.29, 1.82) is 0 Å². The molecular weight excluding hydrogens is 250 g/mol. The molecule has 0 aromatic carbocycles. The van der Waals surface area contributed by atoms with Crippen LogP contribution in [0.2, 0.25) is 0 Å². The molecule has 5 heteroatoms. The van der Waals surface area contributed by atoms with Gasteiger partial charge < -0.3 is 14.8 Å². The third kappa shape index (κ3) is 2.82. The maximum Gasteiger partial charge on any atom is 0.0921 e. The SMILES string of the molecule is CC1(C)NCC(N2CCCC2)=CN1CCc1cnc[nH]1. The first-order chi connectivity index (χ1) is 9.65. The number of hydrogen-bond acceptors (Lipinski definition) is 4. The Hall–Kier alpha value is -1.49. The molecule has 0 amide bonds. The Labute approximate surface area is 121 Å². The average Bonchev–Trinajstić information content (AvgIpc) is 3.10. The minimum absolute atomic E-state index is 0.0171.